The molecule has 0 heterocycles. The number of ether oxygens (including phenoxy) is 1. The molecule has 0 aliphatic rings. The van der Waals surface area contributed by atoms with E-state index in [1.54, 1.807) is 12.1 Å². The Kier molecular flexibility index (Phi) is 5.84. The van der Waals surface area contributed by atoms with Crippen molar-refractivity contribution >= 4 is 22.1 Å². The zero-order valence-corrected chi connectivity index (χ0v) is 14.1. The lowest BCUT2D eigenvalue weighted by Crippen LogP contribution is -2.13. The molecule has 0 aromatic heterocycles. The summed E-state index contributed by atoms with van der Waals surface area (Å²) in [5.41, 5.74) is 0.664. The molecule has 2 rings (SSSR count). The molecule has 8 nitrogen and oxygen atoms in total. The Morgan fingerprint density at radius 2 is 1.80 bits per heavy atom. The van der Waals surface area contributed by atoms with Crippen molar-refractivity contribution in [3.05, 3.63) is 63.7 Å². The van der Waals surface area contributed by atoms with Gasteiger partial charge in [-0.15, -0.1) is 0 Å². The molecular formula is C16H15NO7S. The molecule has 9 heteroatoms. The van der Waals surface area contributed by atoms with E-state index in [-0.39, 0.29) is 35.1 Å². The fourth-order valence-electron chi connectivity index (χ4n) is 1.94. The van der Waals surface area contributed by atoms with Crippen LogP contribution in [0.25, 0.3) is 0 Å². The molecule has 0 saturated carbocycles. The van der Waals surface area contributed by atoms with Crippen molar-refractivity contribution in [2.24, 2.45) is 0 Å². The maximum Gasteiger partial charge on any atom is 0.311 e. The van der Waals surface area contributed by atoms with E-state index in [9.17, 15) is 23.3 Å². The van der Waals surface area contributed by atoms with Gasteiger partial charge in [0, 0.05) is 11.6 Å². The lowest BCUT2D eigenvalue weighted by atomic mass is 10.2. The van der Waals surface area contributed by atoms with Crippen molar-refractivity contribution < 1.29 is 27.1 Å². The summed E-state index contributed by atoms with van der Waals surface area (Å²) in [5.74, 6) is -0.0769. The molecule has 0 saturated heterocycles. The van der Waals surface area contributed by atoms with Crippen LogP contribution in [0.15, 0.2) is 47.4 Å². The van der Waals surface area contributed by atoms with Gasteiger partial charge in [-0.3, -0.25) is 19.1 Å². The second-order valence-electron chi connectivity index (χ2n) is 5.04. The molecule has 2 aromatic carbocycles. The number of benzene rings is 2. The van der Waals surface area contributed by atoms with Crippen LogP contribution < -0.4 is 4.74 Å². The third-order valence-electron chi connectivity index (χ3n) is 3.20. The van der Waals surface area contributed by atoms with Gasteiger partial charge in [-0.05, 0) is 31.2 Å². The molecule has 0 N–H and O–H groups in total. The Labute approximate surface area is 144 Å². The maximum absolute atomic E-state index is 12.0. The fraction of sp³-hybridized carbons (Fsp3) is 0.188. The smallest absolute Gasteiger partial charge is 0.311 e. The zero-order chi connectivity index (χ0) is 18.4. The third kappa shape index (κ3) is 4.85. The minimum absolute atomic E-state index is 0.0133. The Balaban J connectivity index is 1.98. The Morgan fingerprint density at radius 3 is 2.40 bits per heavy atom. The quantitative estimate of drug-likeness (QED) is 0.232. The summed E-state index contributed by atoms with van der Waals surface area (Å²) >= 11 is 0. The van der Waals surface area contributed by atoms with Crippen LogP contribution in [-0.4, -0.2) is 32.8 Å². The average molecular weight is 365 g/mol. The number of nitro benzene ring substituents is 1. The summed E-state index contributed by atoms with van der Waals surface area (Å²) in [5, 5.41) is 11.0. The van der Waals surface area contributed by atoms with Gasteiger partial charge >= 0.3 is 5.69 Å². The van der Waals surface area contributed by atoms with Gasteiger partial charge in [-0.2, -0.15) is 8.42 Å². The highest BCUT2D eigenvalue weighted by Gasteiger charge is 2.18. The summed E-state index contributed by atoms with van der Waals surface area (Å²) in [6, 6.07) is 9.85. The van der Waals surface area contributed by atoms with Gasteiger partial charge < -0.3 is 4.74 Å². The lowest BCUT2D eigenvalue weighted by molar-refractivity contribution is -0.385. The first-order valence-electron chi connectivity index (χ1n) is 7.16. The number of aldehydes is 1. The van der Waals surface area contributed by atoms with Gasteiger partial charge in [-0.1, -0.05) is 17.7 Å². The molecule has 0 amide bonds. The highest BCUT2D eigenvalue weighted by molar-refractivity contribution is 7.86. The van der Waals surface area contributed by atoms with Crippen molar-refractivity contribution in [2.45, 2.75) is 11.8 Å². The van der Waals surface area contributed by atoms with Crippen molar-refractivity contribution in [2.75, 3.05) is 13.2 Å². The normalized spacial score (nSPS) is 11.1. The number of carbonyl (C=O) groups excluding carboxylic acids is 1. The largest absolute Gasteiger partial charge is 0.484 e. The molecule has 0 unspecified atom stereocenters. The molecule has 0 aliphatic heterocycles. The summed E-state index contributed by atoms with van der Waals surface area (Å²) in [4.78, 5) is 21.0. The summed E-state index contributed by atoms with van der Waals surface area (Å²) < 4.78 is 34.0. The first kappa shape index (κ1) is 18.6. The van der Waals surface area contributed by atoms with E-state index in [0.29, 0.717) is 6.29 Å². The first-order valence-corrected chi connectivity index (χ1v) is 8.57. The van der Waals surface area contributed by atoms with Gasteiger partial charge in [0.05, 0.1) is 9.82 Å². The molecule has 0 radical (unpaired) electrons. The molecule has 25 heavy (non-hydrogen) atoms. The van der Waals surface area contributed by atoms with Crippen LogP contribution in [-0.2, 0) is 14.3 Å². The summed E-state index contributed by atoms with van der Waals surface area (Å²) in [6.07, 6.45) is 0.480. The number of carbonyl (C=O) groups is 1. The molecule has 132 valence electrons. The number of hydrogen-bond acceptors (Lipinski definition) is 7. The van der Waals surface area contributed by atoms with E-state index in [0.717, 1.165) is 11.6 Å². The Hall–Kier alpha value is -2.78. The van der Waals surface area contributed by atoms with Crippen molar-refractivity contribution in [3.63, 3.8) is 0 Å². The number of aryl methyl sites for hydroxylation is 1. The van der Waals surface area contributed by atoms with Crippen molar-refractivity contribution in [3.8, 4) is 5.75 Å². The predicted octanol–water partition coefficient (Wildman–Crippen LogP) is 2.50. The van der Waals surface area contributed by atoms with Gasteiger partial charge in [0.1, 0.15) is 19.5 Å². The lowest BCUT2D eigenvalue weighted by Gasteiger charge is -2.08. The van der Waals surface area contributed by atoms with Gasteiger partial charge in [0.25, 0.3) is 10.1 Å². The maximum atomic E-state index is 12.0. The van der Waals surface area contributed by atoms with E-state index < -0.39 is 15.0 Å². The topological polar surface area (TPSA) is 113 Å². The first-order chi connectivity index (χ1) is 11.8. The van der Waals surface area contributed by atoms with Crippen LogP contribution in [0, 0.1) is 17.0 Å². The highest BCUT2D eigenvalue weighted by Crippen LogP contribution is 2.27. The molecular weight excluding hydrogens is 350 g/mol. The van der Waals surface area contributed by atoms with E-state index in [1.165, 1.54) is 24.3 Å². The average Bonchev–Trinajstić information content (AvgIpc) is 2.59. The van der Waals surface area contributed by atoms with E-state index in [1.807, 2.05) is 6.92 Å². The minimum atomic E-state index is -3.93. The van der Waals surface area contributed by atoms with Crippen LogP contribution in [0.3, 0.4) is 0 Å². The molecule has 0 bridgehead atoms. The van der Waals surface area contributed by atoms with Crippen molar-refractivity contribution in [1.29, 1.82) is 0 Å². The number of nitrogens with zero attached hydrogens (tertiary/aromatic N) is 1. The molecule has 0 atom stereocenters. The van der Waals surface area contributed by atoms with Gasteiger partial charge in [-0.25, -0.2) is 0 Å². The Morgan fingerprint density at radius 1 is 1.12 bits per heavy atom. The molecule has 0 spiro atoms. The fourth-order valence-corrected chi connectivity index (χ4v) is 2.83. The zero-order valence-electron chi connectivity index (χ0n) is 13.2. The number of rotatable bonds is 8. The number of nitro groups is 1. The van der Waals surface area contributed by atoms with Crippen molar-refractivity contribution in [1.82, 2.24) is 0 Å². The van der Waals surface area contributed by atoms with Crippen LogP contribution in [0.1, 0.15) is 15.9 Å². The predicted molar refractivity (Wildman–Crippen MR) is 88.3 cm³/mol. The van der Waals surface area contributed by atoms with E-state index >= 15 is 0 Å². The molecule has 0 aliphatic carbocycles. The molecule has 2 aromatic rings. The van der Waals surface area contributed by atoms with Gasteiger partial charge in [0.15, 0.2) is 5.75 Å². The molecule has 0 fully saturated rings. The van der Waals surface area contributed by atoms with Crippen LogP contribution in [0.2, 0.25) is 0 Å². The van der Waals surface area contributed by atoms with E-state index in [2.05, 4.69) is 0 Å². The van der Waals surface area contributed by atoms with Crippen LogP contribution >= 0.6 is 0 Å². The SMILES string of the molecule is Cc1ccc(S(=O)(=O)OCCOc2ccc(C=O)cc2[N+](=O)[O-])cc1. The van der Waals surface area contributed by atoms with Crippen LogP contribution in [0.5, 0.6) is 5.75 Å². The highest BCUT2D eigenvalue weighted by atomic mass is 32.2. The Bertz CT molecular complexity index is 876. The minimum Gasteiger partial charge on any atom is -0.484 e. The summed E-state index contributed by atoms with van der Waals surface area (Å²) in [7, 11) is -3.93. The summed E-state index contributed by atoms with van der Waals surface area (Å²) in [6.45, 7) is 1.29. The number of hydrogen-bond donors (Lipinski definition) is 0. The standard InChI is InChI=1S/C16H15NO7S/c1-12-2-5-14(6-3-12)25(21,22)24-9-8-23-16-7-4-13(11-18)10-15(16)17(19)20/h2-7,10-11H,8-9H2,1H3. The van der Waals surface area contributed by atoms with E-state index in [4.69, 9.17) is 8.92 Å². The monoisotopic (exact) mass is 365 g/mol. The second kappa shape index (κ2) is 7.86. The second-order valence-corrected chi connectivity index (χ2v) is 6.66. The third-order valence-corrected chi connectivity index (χ3v) is 4.53. The van der Waals surface area contributed by atoms with Gasteiger partial charge in [0.2, 0.25) is 0 Å². The van der Waals surface area contributed by atoms with Crippen LogP contribution in [0.4, 0.5) is 5.69 Å².